The molecule has 0 aliphatic heterocycles. The molecule has 0 saturated carbocycles. The number of ether oxygens (including phenoxy) is 1. The molecule has 2 aromatic carbocycles. The lowest BCUT2D eigenvalue weighted by Gasteiger charge is -2.13. The number of hydrazine groups is 1. The minimum atomic E-state index is -0.247. The summed E-state index contributed by atoms with van der Waals surface area (Å²) in [4.78, 5) is 14.3. The number of rotatable bonds is 8. The van der Waals surface area contributed by atoms with Gasteiger partial charge in [0.25, 0.3) is 5.91 Å². The zero-order valence-electron chi connectivity index (χ0n) is 15.7. The second-order valence-electron chi connectivity index (χ2n) is 6.29. The van der Waals surface area contributed by atoms with Crippen LogP contribution in [0.1, 0.15) is 22.3 Å². The van der Waals surface area contributed by atoms with Gasteiger partial charge in [-0.1, -0.05) is 30.3 Å². The zero-order valence-corrected chi connectivity index (χ0v) is 16.5. The quantitative estimate of drug-likeness (QED) is 0.368. The average molecular weight is 387 g/mol. The van der Waals surface area contributed by atoms with Crippen LogP contribution in [0.5, 0.6) is 5.75 Å². The smallest absolute Gasteiger partial charge is 0.269 e. The number of benzene rings is 2. The molecule has 2 rings (SSSR count). The number of amides is 1. The Kier molecular flexibility index (Phi) is 8.54. The minimum Gasteiger partial charge on any atom is -0.489 e. The number of para-hydroxylation sites is 1. The van der Waals surface area contributed by atoms with Crippen LogP contribution >= 0.6 is 12.2 Å². The van der Waals surface area contributed by atoms with E-state index in [0.717, 1.165) is 30.8 Å². The van der Waals surface area contributed by atoms with E-state index in [0.29, 0.717) is 17.3 Å². The number of thiocarbonyl (C=S) groups is 1. The second-order valence-corrected chi connectivity index (χ2v) is 6.70. The largest absolute Gasteiger partial charge is 0.489 e. The third kappa shape index (κ3) is 8.06. The normalized spacial score (nSPS) is 10.3. The lowest BCUT2D eigenvalue weighted by Crippen LogP contribution is -2.47. The van der Waals surface area contributed by atoms with E-state index in [2.05, 4.69) is 21.1 Å². The lowest BCUT2D eigenvalue weighted by molar-refractivity contribution is 0.0943. The van der Waals surface area contributed by atoms with Gasteiger partial charge in [0.15, 0.2) is 5.11 Å². The van der Waals surface area contributed by atoms with E-state index in [-0.39, 0.29) is 5.91 Å². The minimum absolute atomic E-state index is 0.247. The Balaban J connectivity index is 1.71. The van der Waals surface area contributed by atoms with E-state index in [4.69, 9.17) is 17.0 Å². The van der Waals surface area contributed by atoms with Crippen LogP contribution in [0.4, 0.5) is 0 Å². The van der Waals surface area contributed by atoms with Gasteiger partial charge in [0.1, 0.15) is 12.4 Å². The van der Waals surface area contributed by atoms with Gasteiger partial charge in [0.2, 0.25) is 0 Å². The first-order valence-electron chi connectivity index (χ1n) is 8.80. The Bertz CT molecular complexity index is 721. The van der Waals surface area contributed by atoms with Crippen LogP contribution in [0, 0.1) is 0 Å². The van der Waals surface area contributed by atoms with Gasteiger partial charge in [-0.3, -0.25) is 15.6 Å². The summed E-state index contributed by atoms with van der Waals surface area (Å²) in [6, 6.07) is 16.9. The van der Waals surface area contributed by atoms with Crippen LogP contribution in [0.2, 0.25) is 0 Å². The monoisotopic (exact) mass is 386 g/mol. The molecule has 0 saturated heterocycles. The fourth-order valence-corrected chi connectivity index (χ4v) is 2.42. The topological polar surface area (TPSA) is 65.6 Å². The molecule has 0 aliphatic rings. The standard InChI is InChI=1S/C20H26N4O2S/c1-24(2)14-6-13-21-20(27)23-22-19(25)17-11-9-16(10-12-17)15-26-18-7-4-3-5-8-18/h3-5,7-12H,6,13-15H2,1-2H3,(H,22,25)(H2,21,23,27). The van der Waals surface area contributed by atoms with Crippen molar-refractivity contribution in [2.75, 3.05) is 27.2 Å². The molecule has 2 aromatic rings. The number of hydrogen-bond donors (Lipinski definition) is 3. The zero-order chi connectivity index (χ0) is 19.5. The van der Waals surface area contributed by atoms with Crippen molar-refractivity contribution in [3.8, 4) is 5.75 Å². The highest BCUT2D eigenvalue weighted by molar-refractivity contribution is 7.80. The lowest BCUT2D eigenvalue weighted by atomic mass is 10.1. The van der Waals surface area contributed by atoms with E-state index >= 15 is 0 Å². The van der Waals surface area contributed by atoms with Gasteiger partial charge in [0, 0.05) is 12.1 Å². The SMILES string of the molecule is CN(C)CCCNC(=S)NNC(=O)c1ccc(COc2ccccc2)cc1. The van der Waals surface area contributed by atoms with Gasteiger partial charge in [0.05, 0.1) is 0 Å². The Hall–Kier alpha value is -2.64. The van der Waals surface area contributed by atoms with Crippen molar-refractivity contribution in [3.05, 3.63) is 65.7 Å². The first kappa shape index (κ1) is 20.7. The molecule has 0 bridgehead atoms. The predicted molar refractivity (Wildman–Crippen MR) is 112 cm³/mol. The summed E-state index contributed by atoms with van der Waals surface area (Å²) in [7, 11) is 4.05. The highest BCUT2D eigenvalue weighted by atomic mass is 32.1. The van der Waals surface area contributed by atoms with Gasteiger partial charge in [-0.2, -0.15) is 0 Å². The molecule has 27 heavy (non-hydrogen) atoms. The van der Waals surface area contributed by atoms with E-state index < -0.39 is 0 Å². The molecule has 0 heterocycles. The summed E-state index contributed by atoms with van der Waals surface area (Å²) < 4.78 is 5.69. The van der Waals surface area contributed by atoms with Crippen LogP contribution in [0.15, 0.2) is 54.6 Å². The van der Waals surface area contributed by atoms with Crippen molar-refractivity contribution in [2.24, 2.45) is 0 Å². The van der Waals surface area contributed by atoms with Gasteiger partial charge in [-0.25, -0.2) is 0 Å². The fraction of sp³-hybridized carbons (Fsp3) is 0.300. The summed E-state index contributed by atoms with van der Waals surface area (Å²) in [5.41, 5.74) is 6.83. The number of hydrogen-bond acceptors (Lipinski definition) is 4. The second kappa shape index (κ2) is 11.2. The maximum absolute atomic E-state index is 12.2. The Labute approximate surface area is 165 Å². The van der Waals surface area contributed by atoms with Crippen molar-refractivity contribution in [3.63, 3.8) is 0 Å². The Morgan fingerprint density at radius 3 is 2.41 bits per heavy atom. The molecule has 144 valence electrons. The first-order chi connectivity index (χ1) is 13.0. The van der Waals surface area contributed by atoms with Crippen molar-refractivity contribution < 1.29 is 9.53 Å². The number of nitrogens with zero attached hydrogens (tertiary/aromatic N) is 1. The highest BCUT2D eigenvalue weighted by Gasteiger charge is 2.06. The molecule has 0 atom stereocenters. The van der Waals surface area contributed by atoms with Gasteiger partial charge in [-0.15, -0.1) is 0 Å². The molecular formula is C20H26N4O2S. The van der Waals surface area contributed by atoms with Crippen molar-refractivity contribution in [1.82, 2.24) is 21.1 Å². The summed E-state index contributed by atoms with van der Waals surface area (Å²) >= 11 is 5.14. The molecule has 1 amide bonds. The molecular weight excluding hydrogens is 360 g/mol. The molecule has 0 aromatic heterocycles. The van der Waals surface area contributed by atoms with E-state index in [9.17, 15) is 4.79 Å². The molecule has 0 fully saturated rings. The van der Waals surface area contributed by atoms with Crippen LogP contribution in [0.3, 0.4) is 0 Å². The van der Waals surface area contributed by atoms with Crippen LogP contribution < -0.4 is 20.9 Å². The van der Waals surface area contributed by atoms with Crippen LogP contribution in [-0.4, -0.2) is 43.1 Å². The summed E-state index contributed by atoms with van der Waals surface area (Å²) in [6.07, 6.45) is 0.968. The molecule has 7 heteroatoms. The average Bonchev–Trinajstić information content (AvgIpc) is 2.69. The maximum Gasteiger partial charge on any atom is 0.269 e. The molecule has 0 unspecified atom stereocenters. The van der Waals surface area contributed by atoms with Crippen LogP contribution in [0.25, 0.3) is 0 Å². The van der Waals surface area contributed by atoms with Crippen LogP contribution in [-0.2, 0) is 6.61 Å². The number of nitrogens with one attached hydrogen (secondary N) is 3. The molecule has 0 spiro atoms. The van der Waals surface area contributed by atoms with Gasteiger partial charge >= 0.3 is 0 Å². The summed E-state index contributed by atoms with van der Waals surface area (Å²) in [5.74, 6) is 0.568. The van der Waals surface area contributed by atoms with E-state index in [1.165, 1.54) is 0 Å². The molecule has 0 aliphatic carbocycles. The van der Waals surface area contributed by atoms with E-state index in [1.54, 1.807) is 12.1 Å². The third-order valence-electron chi connectivity index (χ3n) is 3.72. The highest BCUT2D eigenvalue weighted by Crippen LogP contribution is 2.12. The van der Waals surface area contributed by atoms with E-state index in [1.807, 2.05) is 56.6 Å². The molecule has 6 nitrogen and oxygen atoms in total. The maximum atomic E-state index is 12.2. The van der Waals surface area contributed by atoms with Crippen molar-refractivity contribution in [2.45, 2.75) is 13.0 Å². The Morgan fingerprint density at radius 2 is 1.74 bits per heavy atom. The predicted octanol–water partition coefficient (Wildman–Crippen LogP) is 2.33. The summed E-state index contributed by atoms with van der Waals surface area (Å²) in [6.45, 7) is 2.17. The summed E-state index contributed by atoms with van der Waals surface area (Å²) in [5, 5.41) is 3.45. The number of carbonyl (C=O) groups is 1. The first-order valence-corrected chi connectivity index (χ1v) is 9.21. The van der Waals surface area contributed by atoms with Crippen molar-refractivity contribution in [1.29, 1.82) is 0 Å². The van der Waals surface area contributed by atoms with Gasteiger partial charge in [-0.05, 0) is 69.1 Å². The number of carbonyl (C=O) groups excluding carboxylic acids is 1. The third-order valence-corrected chi connectivity index (χ3v) is 3.97. The molecule has 3 N–H and O–H groups in total. The van der Waals surface area contributed by atoms with Gasteiger partial charge < -0.3 is 15.0 Å². The van der Waals surface area contributed by atoms with Crippen molar-refractivity contribution >= 4 is 23.2 Å². The Morgan fingerprint density at radius 1 is 1.04 bits per heavy atom. The molecule has 0 radical (unpaired) electrons. The fourth-order valence-electron chi connectivity index (χ4n) is 2.26.